The Morgan fingerprint density at radius 3 is 2.09 bits per heavy atom. The lowest BCUT2D eigenvalue weighted by atomic mass is 10.1. The number of hydrogen-bond acceptors (Lipinski definition) is 2. The van der Waals surface area contributed by atoms with E-state index in [1.165, 1.54) is 11.1 Å². The molecule has 0 heterocycles. The Hall–Kier alpha value is -2.06. The average molecular weight is 295 g/mol. The minimum atomic E-state index is 0.521. The lowest BCUT2D eigenvalue weighted by Crippen LogP contribution is -2.24. The molecule has 2 aromatic rings. The highest BCUT2D eigenvalue weighted by molar-refractivity contribution is 5.69. The molecular formula is C20H25NO. The maximum atomic E-state index is 5.84. The SMILES string of the molecule is CC(COc1ccc(C=Cc2ccccc2)cc1)CN(C)C. The smallest absolute Gasteiger partial charge is 0.119 e. The van der Waals surface area contributed by atoms with Gasteiger partial charge >= 0.3 is 0 Å². The van der Waals surface area contributed by atoms with E-state index in [1.807, 2.05) is 30.3 Å². The van der Waals surface area contributed by atoms with Crippen LogP contribution in [-0.4, -0.2) is 32.1 Å². The third kappa shape index (κ3) is 5.74. The summed E-state index contributed by atoms with van der Waals surface area (Å²) in [5, 5.41) is 0. The van der Waals surface area contributed by atoms with E-state index in [0.717, 1.165) is 18.9 Å². The number of ether oxygens (including phenoxy) is 1. The Kier molecular flexibility index (Phi) is 6.23. The number of rotatable bonds is 7. The minimum absolute atomic E-state index is 0.521. The van der Waals surface area contributed by atoms with Crippen LogP contribution in [0, 0.1) is 5.92 Å². The van der Waals surface area contributed by atoms with Gasteiger partial charge in [0.1, 0.15) is 5.75 Å². The van der Waals surface area contributed by atoms with E-state index in [2.05, 4.69) is 62.3 Å². The zero-order valence-corrected chi connectivity index (χ0v) is 13.7. The van der Waals surface area contributed by atoms with Gasteiger partial charge in [0.2, 0.25) is 0 Å². The van der Waals surface area contributed by atoms with E-state index in [1.54, 1.807) is 0 Å². The molecule has 0 saturated carbocycles. The molecule has 0 radical (unpaired) electrons. The summed E-state index contributed by atoms with van der Waals surface area (Å²) >= 11 is 0. The van der Waals surface area contributed by atoms with Gasteiger partial charge in [0.25, 0.3) is 0 Å². The first-order valence-corrected chi connectivity index (χ1v) is 7.74. The van der Waals surface area contributed by atoms with Crippen molar-refractivity contribution in [2.24, 2.45) is 5.92 Å². The van der Waals surface area contributed by atoms with Gasteiger partial charge in [-0.3, -0.25) is 0 Å². The molecule has 22 heavy (non-hydrogen) atoms. The fraction of sp³-hybridized carbons (Fsp3) is 0.300. The van der Waals surface area contributed by atoms with Crippen LogP contribution < -0.4 is 4.74 Å². The van der Waals surface area contributed by atoms with Crippen LogP contribution in [0.1, 0.15) is 18.1 Å². The lowest BCUT2D eigenvalue weighted by molar-refractivity contribution is 0.222. The highest BCUT2D eigenvalue weighted by Crippen LogP contribution is 2.15. The van der Waals surface area contributed by atoms with Crippen LogP contribution in [0.4, 0.5) is 0 Å². The lowest BCUT2D eigenvalue weighted by Gasteiger charge is -2.17. The second kappa shape index (κ2) is 8.40. The van der Waals surface area contributed by atoms with Crippen LogP contribution in [-0.2, 0) is 0 Å². The van der Waals surface area contributed by atoms with E-state index in [9.17, 15) is 0 Å². The van der Waals surface area contributed by atoms with E-state index < -0.39 is 0 Å². The summed E-state index contributed by atoms with van der Waals surface area (Å²) in [6, 6.07) is 18.6. The molecule has 1 unspecified atom stereocenters. The molecule has 0 aliphatic heterocycles. The van der Waals surface area contributed by atoms with Gasteiger partial charge in [-0.2, -0.15) is 0 Å². The predicted molar refractivity (Wildman–Crippen MR) is 95.0 cm³/mol. The van der Waals surface area contributed by atoms with Crippen LogP contribution >= 0.6 is 0 Å². The van der Waals surface area contributed by atoms with Gasteiger partial charge in [0, 0.05) is 12.5 Å². The first-order chi connectivity index (χ1) is 10.6. The molecule has 2 nitrogen and oxygen atoms in total. The number of nitrogens with zero attached hydrogens (tertiary/aromatic N) is 1. The normalized spacial score (nSPS) is 12.7. The molecule has 2 heteroatoms. The standard InChI is InChI=1S/C20H25NO/c1-17(15-21(2)3)16-22-20-13-11-19(12-14-20)10-9-18-7-5-4-6-8-18/h4-14,17H,15-16H2,1-3H3. The van der Waals surface area contributed by atoms with Crippen molar-refractivity contribution in [3.63, 3.8) is 0 Å². The van der Waals surface area contributed by atoms with Crippen LogP contribution in [0.2, 0.25) is 0 Å². The molecule has 0 fully saturated rings. The molecule has 0 aliphatic carbocycles. The number of hydrogen-bond donors (Lipinski definition) is 0. The molecule has 116 valence electrons. The fourth-order valence-electron chi connectivity index (χ4n) is 2.35. The van der Waals surface area contributed by atoms with E-state index in [4.69, 9.17) is 4.74 Å². The van der Waals surface area contributed by atoms with Gasteiger partial charge < -0.3 is 9.64 Å². The molecule has 0 saturated heterocycles. The Morgan fingerprint density at radius 1 is 0.909 bits per heavy atom. The molecule has 0 N–H and O–H groups in total. The van der Waals surface area contributed by atoms with Crippen LogP contribution in [0.5, 0.6) is 5.75 Å². The van der Waals surface area contributed by atoms with Crippen LogP contribution in [0.25, 0.3) is 12.2 Å². The minimum Gasteiger partial charge on any atom is -0.493 e. The number of benzene rings is 2. The van der Waals surface area contributed by atoms with Crippen molar-refractivity contribution < 1.29 is 4.74 Å². The average Bonchev–Trinajstić information content (AvgIpc) is 2.52. The van der Waals surface area contributed by atoms with Gasteiger partial charge in [-0.15, -0.1) is 0 Å². The van der Waals surface area contributed by atoms with Gasteiger partial charge in [0.05, 0.1) is 6.61 Å². The van der Waals surface area contributed by atoms with Crippen LogP contribution in [0.3, 0.4) is 0 Å². The summed E-state index contributed by atoms with van der Waals surface area (Å²) < 4.78 is 5.84. The molecule has 0 bridgehead atoms. The molecule has 0 aromatic heterocycles. The first-order valence-electron chi connectivity index (χ1n) is 7.74. The van der Waals surface area contributed by atoms with Gasteiger partial charge in [-0.25, -0.2) is 0 Å². The van der Waals surface area contributed by atoms with Crippen molar-refractivity contribution in [1.82, 2.24) is 4.90 Å². The van der Waals surface area contributed by atoms with Crippen LogP contribution in [0.15, 0.2) is 54.6 Å². The summed E-state index contributed by atoms with van der Waals surface area (Å²) in [5.74, 6) is 1.45. The maximum Gasteiger partial charge on any atom is 0.119 e. The van der Waals surface area contributed by atoms with Gasteiger partial charge in [0.15, 0.2) is 0 Å². The predicted octanol–water partition coefficient (Wildman–Crippen LogP) is 4.43. The Morgan fingerprint density at radius 2 is 1.50 bits per heavy atom. The quantitative estimate of drug-likeness (QED) is 0.700. The Balaban J connectivity index is 1.86. The van der Waals surface area contributed by atoms with E-state index in [0.29, 0.717) is 5.92 Å². The molecular weight excluding hydrogens is 270 g/mol. The first kappa shape index (κ1) is 16.3. The Labute approximate surface area is 134 Å². The van der Waals surface area contributed by atoms with Gasteiger partial charge in [-0.05, 0) is 37.4 Å². The molecule has 2 rings (SSSR count). The van der Waals surface area contributed by atoms with Crippen molar-refractivity contribution in [2.45, 2.75) is 6.92 Å². The summed E-state index contributed by atoms with van der Waals surface area (Å²) in [6.07, 6.45) is 4.24. The summed E-state index contributed by atoms with van der Waals surface area (Å²) in [4.78, 5) is 2.19. The molecule has 2 aromatic carbocycles. The van der Waals surface area contributed by atoms with Crippen molar-refractivity contribution in [2.75, 3.05) is 27.2 Å². The highest BCUT2D eigenvalue weighted by atomic mass is 16.5. The third-order valence-electron chi connectivity index (χ3n) is 3.36. The summed E-state index contributed by atoms with van der Waals surface area (Å²) in [6.45, 7) is 3.99. The molecule has 0 aliphatic rings. The largest absolute Gasteiger partial charge is 0.493 e. The fourth-order valence-corrected chi connectivity index (χ4v) is 2.35. The van der Waals surface area contributed by atoms with Gasteiger partial charge in [-0.1, -0.05) is 61.5 Å². The maximum absolute atomic E-state index is 5.84. The van der Waals surface area contributed by atoms with Crippen molar-refractivity contribution in [1.29, 1.82) is 0 Å². The van der Waals surface area contributed by atoms with Crippen molar-refractivity contribution in [3.05, 3.63) is 65.7 Å². The van der Waals surface area contributed by atoms with Crippen molar-refractivity contribution >= 4 is 12.2 Å². The second-order valence-electron chi connectivity index (χ2n) is 5.99. The van der Waals surface area contributed by atoms with E-state index in [-0.39, 0.29) is 0 Å². The molecule has 0 spiro atoms. The van der Waals surface area contributed by atoms with Crippen molar-refractivity contribution in [3.8, 4) is 5.75 Å². The molecule has 0 amide bonds. The van der Waals surface area contributed by atoms with E-state index >= 15 is 0 Å². The molecule has 1 atom stereocenters. The summed E-state index contributed by atoms with van der Waals surface area (Å²) in [5.41, 5.74) is 2.39. The summed E-state index contributed by atoms with van der Waals surface area (Å²) in [7, 11) is 4.18. The monoisotopic (exact) mass is 295 g/mol. The topological polar surface area (TPSA) is 12.5 Å². The zero-order chi connectivity index (χ0) is 15.8. The highest BCUT2D eigenvalue weighted by Gasteiger charge is 2.04. The zero-order valence-electron chi connectivity index (χ0n) is 13.7. The second-order valence-corrected chi connectivity index (χ2v) is 5.99. The Bertz CT molecular complexity index is 572. The third-order valence-corrected chi connectivity index (χ3v) is 3.36.